The van der Waals surface area contributed by atoms with E-state index in [-0.39, 0.29) is 0 Å². The molecule has 1 N–H and O–H groups in total. The first-order chi connectivity index (χ1) is 10.3. The third-order valence-corrected chi connectivity index (χ3v) is 3.26. The molecule has 0 unspecified atom stereocenters. The van der Waals surface area contributed by atoms with Gasteiger partial charge in [-0.3, -0.25) is 0 Å². The molecule has 0 bridgehead atoms. The van der Waals surface area contributed by atoms with Crippen molar-refractivity contribution in [2.45, 2.75) is 6.54 Å². The van der Waals surface area contributed by atoms with Gasteiger partial charge in [-0.15, -0.1) is 0 Å². The monoisotopic (exact) mass is 280 g/mol. The van der Waals surface area contributed by atoms with E-state index in [1.807, 2.05) is 36.5 Å². The molecule has 0 aliphatic carbocycles. The number of carbonyl (C=O) groups excluding carboxylic acids is 1. The molecule has 0 radical (unpaired) electrons. The molecule has 0 saturated carbocycles. The highest BCUT2D eigenvalue weighted by atomic mass is 16.5. The Kier molecular flexibility index (Phi) is 3.87. The molecule has 0 aliphatic rings. The summed E-state index contributed by atoms with van der Waals surface area (Å²) >= 11 is 0. The van der Waals surface area contributed by atoms with Crippen molar-refractivity contribution < 1.29 is 9.53 Å². The quantitative estimate of drug-likeness (QED) is 0.795. The maximum Gasteiger partial charge on any atom is 0.412 e. The number of hydrogen-bond donors (Lipinski definition) is 1. The first-order valence-electron chi connectivity index (χ1n) is 6.87. The second-order valence-corrected chi connectivity index (χ2v) is 4.70. The Morgan fingerprint density at radius 1 is 1.00 bits per heavy atom. The van der Waals surface area contributed by atoms with Crippen molar-refractivity contribution in [2.24, 2.45) is 0 Å². The van der Waals surface area contributed by atoms with Crippen molar-refractivity contribution >= 4 is 17.0 Å². The predicted molar refractivity (Wildman–Crippen MR) is 82.4 cm³/mol. The molecule has 0 spiro atoms. The Hall–Kier alpha value is -2.75. The number of hydrogen-bond acceptors (Lipinski definition) is 2. The van der Waals surface area contributed by atoms with Crippen molar-refractivity contribution in [3.05, 3.63) is 66.9 Å². The lowest BCUT2D eigenvalue weighted by Gasteiger charge is -2.08. The average Bonchev–Trinajstić information content (AvgIpc) is 2.92. The molecule has 4 heteroatoms. The van der Waals surface area contributed by atoms with Gasteiger partial charge >= 0.3 is 6.09 Å². The van der Waals surface area contributed by atoms with Gasteiger partial charge in [0.15, 0.2) is 0 Å². The molecule has 106 valence electrons. The first-order valence-corrected chi connectivity index (χ1v) is 6.87. The number of para-hydroxylation sites is 2. The normalized spacial score (nSPS) is 10.5. The fourth-order valence-corrected chi connectivity index (χ4v) is 2.25. The van der Waals surface area contributed by atoms with Crippen LogP contribution in [0.15, 0.2) is 66.9 Å². The summed E-state index contributed by atoms with van der Waals surface area (Å²) in [7, 11) is 0. The maximum absolute atomic E-state index is 11.7. The Labute approximate surface area is 123 Å². The Bertz CT molecular complexity index is 735. The van der Waals surface area contributed by atoms with Crippen molar-refractivity contribution in [3.8, 4) is 5.75 Å². The van der Waals surface area contributed by atoms with E-state index in [2.05, 4.69) is 28.1 Å². The number of aromatic nitrogens is 1. The van der Waals surface area contributed by atoms with Gasteiger partial charge in [-0.05, 0) is 29.7 Å². The average molecular weight is 280 g/mol. The molecule has 2 aromatic carbocycles. The fraction of sp³-hybridized carbons (Fsp3) is 0.118. The van der Waals surface area contributed by atoms with Crippen molar-refractivity contribution in [1.82, 2.24) is 9.88 Å². The van der Waals surface area contributed by atoms with Crippen LogP contribution in [0.3, 0.4) is 0 Å². The topological polar surface area (TPSA) is 43.3 Å². The Balaban J connectivity index is 1.53. The van der Waals surface area contributed by atoms with E-state index in [0.29, 0.717) is 18.8 Å². The molecule has 1 amide bonds. The summed E-state index contributed by atoms with van der Waals surface area (Å²) in [5.41, 5.74) is 1.16. The molecule has 0 fully saturated rings. The molecular weight excluding hydrogens is 264 g/mol. The van der Waals surface area contributed by atoms with E-state index in [4.69, 9.17) is 4.74 Å². The molecule has 0 saturated heterocycles. The van der Waals surface area contributed by atoms with Crippen molar-refractivity contribution in [1.29, 1.82) is 0 Å². The summed E-state index contributed by atoms with van der Waals surface area (Å²) in [6, 6.07) is 19.3. The number of ether oxygens (including phenoxy) is 1. The van der Waals surface area contributed by atoms with Crippen LogP contribution in [0, 0.1) is 0 Å². The number of nitrogens with one attached hydrogen (secondary N) is 1. The molecule has 1 aromatic heterocycles. The summed E-state index contributed by atoms with van der Waals surface area (Å²) in [6.45, 7) is 1.22. The van der Waals surface area contributed by atoms with E-state index >= 15 is 0 Å². The van der Waals surface area contributed by atoms with E-state index in [0.717, 1.165) is 5.52 Å². The van der Waals surface area contributed by atoms with E-state index in [9.17, 15) is 4.79 Å². The molecule has 3 aromatic rings. The zero-order valence-electron chi connectivity index (χ0n) is 11.5. The van der Waals surface area contributed by atoms with Gasteiger partial charge in [-0.2, -0.15) is 0 Å². The lowest BCUT2D eigenvalue weighted by atomic mass is 10.2. The van der Waals surface area contributed by atoms with E-state index in [1.165, 1.54) is 5.39 Å². The van der Waals surface area contributed by atoms with Crippen LogP contribution in [0.5, 0.6) is 5.75 Å². The molecule has 0 atom stereocenters. The van der Waals surface area contributed by atoms with Crippen LogP contribution in [0.1, 0.15) is 0 Å². The van der Waals surface area contributed by atoms with Gasteiger partial charge in [0, 0.05) is 24.8 Å². The highest BCUT2D eigenvalue weighted by Gasteiger charge is 2.04. The highest BCUT2D eigenvalue weighted by Crippen LogP contribution is 2.14. The van der Waals surface area contributed by atoms with Crippen LogP contribution < -0.4 is 10.1 Å². The van der Waals surface area contributed by atoms with Gasteiger partial charge in [-0.1, -0.05) is 36.4 Å². The SMILES string of the molecule is O=C(NCCn1ccc2ccccc21)Oc1ccccc1. The Morgan fingerprint density at radius 3 is 2.62 bits per heavy atom. The highest BCUT2D eigenvalue weighted by molar-refractivity contribution is 5.79. The van der Waals surface area contributed by atoms with Gasteiger partial charge in [0.2, 0.25) is 0 Å². The van der Waals surface area contributed by atoms with E-state index in [1.54, 1.807) is 12.1 Å². The molecule has 4 nitrogen and oxygen atoms in total. The van der Waals surface area contributed by atoms with Crippen LogP contribution in [0.2, 0.25) is 0 Å². The fourth-order valence-electron chi connectivity index (χ4n) is 2.25. The summed E-state index contributed by atoms with van der Waals surface area (Å²) < 4.78 is 7.27. The van der Waals surface area contributed by atoms with Gasteiger partial charge < -0.3 is 14.6 Å². The largest absolute Gasteiger partial charge is 0.412 e. The number of carbonyl (C=O) groups is 1. The summed E-state index contributed by atoms with van der Waals surface area (Å²) in [5, 5.41) is 3.95. The zero-order valence-corrected chi connectivity index (χ0v) is 11.5. The first kappa shape index (κ1) is 13.2. The zero-order chi connectivity index (χ0) is 14.5. The van der Waals surface area contributed by atoms with Crippen LogP contribution >= 0.6 is 0 Å². The van der Waals surface area contributed by atoms with E-state index < -0.39 is 6.09 Å². The standard InChI is InChI=1S/C17H16N2O2/c20-17(21-15-7-2-1-3-8-15)18-11-13-19-12-10-14-6-4-5-9-16(14)19/h1-10,12H,11,13H2,(H,18,20). The summed E-state index contributed by atoms with van der Waals surface area (Å²) in [4.78, 5) is 11.7. The maximum atomic E-state index is 11.7. The third-order valence-electron chi connectivity index (χ3n) is 3.26. The van der Waals surface area contributed by atoms with Crippen molar-refractivity contribution in [3.63, 3.8) is 0 Å². The second-order valence-electron chi connectivity index (χ2n) is 4.70. The minimum absolute atomic E-state index is 0.433. The number of fused-ring (bicyclic) bond motifs is 1. The number of benzene rings is 2. The lowest BCUT2D eigenvalue weighted by Crippen LogP contribution is -2.29. The summed E-state index contributed by atoms with van der Waals surface area (Å²) in [5.74, 6) is 0.543. The number of amides is 1. The summed E-state index contributed by atoms with van der Waals surface area (Å²) in [6.07, 6.45) is 1.59. The second kappa shape index (κ2) is 6.13. The van der Waals surface area contributed by atoms with Crippen LogP contribution in [-0.2, 0) is 6.54 Å². The van der Waals surface area contributed by atoms with Gasteiger partial charge in [0.05, 0.1) is 0 Å². The van der Waals surface area contributed by atoms with Gasteiger partial charge in [0.1, 0.15) is 5.75 Å². The number of rotatable bonds is 4. The van der Waals surface area contributed by atoms with Crippen LogP contribution in [-0.4, -0.2) is 17.2 Å². The minimum atomic E-state index is -0.433. The van der Waals surface area contributed by atoms with Crippen molar-refractivity contribution in [2.75, 3.05) is 6.54 Å². The van der Waals surface area contributed by atoms with Gasteiger partial charge in [0.25, 0.3) is 0 Å². The lowest BCUT2D eigenvalue weighted by molar-refractivity contribution is 0.200. The third kappa shape index (κ3) is 3.23. The number of nitrogens with zero attached hydrogens (tertiary/aromatic N) is 1. The van der Waals surface area contributed by atoms with Crippen LogP contribution in [0.25, 0.3) is 10.9 Å². The molecule has 0 aliphatic heterocycles. The smallest absolute Gasteiger partial charge is 0.410 e. The molecule has 21 heavy (non-hydrogen) atoms. The molecular formula is C17H16N2O2. The Morgan fingerprint density at radius 2 is 1.76 bits per heavy atom. The molecule has 3 rings (SSSR count). The minimum Gasteiger partial charge on any atom is -0.410 e. The predicted octanol–water partition coefficient (Wildman–Crippen LogP) is 3.43. The molecule has 1 heterocycles. The van der Waals surface area contributed by atoms with Crippen LogP contribution in [0.4, 0.5) is 4.79 Å². The van der Waals surface area contributed by atoms with Gasteiger partial charge in [-0.25, -0.2) is 4.79 Å².